The van der Waals surface area contributed by atoms with E-state index in [4.69, 9.17) is 18.9 Å². The lowest BCUT2D eigenvalue weighted by Gasteiger charge is -2.40. The lowest BCUT2D eigenvalue weighted by Crippen LogP contribution is -2.60. The SMILES string of the molecule is CC/C=C\C/C=C\C/C=C\C/C=C\C/C=C\C/C=C\CCC(=O)OC(COC(=O)CCCCCCCCCCCCCC)COC1OC(CS(=O)(=O)O)C(O)C(O)C1O. The molecule has 1 rings (SSSR count). The molecule has 1 heterocycles. The molecule has 0 aromatic heterocycles. The van der Waals surface area contributed by atoms with Crippen molar-refractivity contribution in [2.24, 2.45) is 0 Å². The summed E-state index contributed by atoms with van der Waals surface area (Å²) in [4.78, 5) is 25.3. The zero-order valence-corrected chi connectivity index (χ0v) is 36.6. The first-order valence-electron chi connectivity index (χ1n) is 22.0. The minimum Gasteiger partial charge on any atom is -0.462 e. The summed E-state index contributed by atoms with van der Waals surface area (Å²) in [7, 11) is -4.61. The van der Waals surface area contributed by atoms with E-state index < -0.39 is 71.2 Å². The highest BCUT2D eigenvalue weighted by Crippen LogP contribution is 2.24. The van der Waals surface area contributed by atoms with E-state index >= 15 is 0 Å². The van der Waals surface area contributed by atoms with Crippen molar-refractivity contribution < 1.29 is 56.8 Å². The van der Waals surface area contributed by atoms with Gasteiger partial charge in [-0.15, -0.1) is 0 Å². The zero-order valence-electron chi connectivity index (χ0n) is 35.8. The van der Waals surface area contributed by atoms with E-state index in [9.17, 15) is 37.9 Å². The highest BCUT2D eigenvalue weighted by atomic mass is 32.2. The van der Waals surface area contributed by atoms with Crippen molar-refractivity contribution in [3.05, 3.63) is 72.9 Å². The maximum atomic E-state index is 12.8. The first-order valence-corrected chi connectivity index (χ1v) is 23.6. The van der Waals surface area contributed by atoms with Crippen LogP contribution in [-0.2, 0) is 38.7 Å². The van der Waals surface area contributed by atoms with Crippen LogP contribution in [0.2, 0.25) is 0 Å². The minimum absolute atomic E-state index is 0.0371. The molecule has 0 bridgehead atoms. The van der Waals surface area contributed by atoms with E-state index in [0.29, 0.717) is 19.3 Å². The van der Waals surface area contributed by atoms with E-state index in [1.165, 1.54) is 51.4 Å². The van der Waals surface area contributed by atoms with Crippen LogP contribution in [0.15, 0.2) is 72.9 Å². The van der Waals surface area contributed by atoms with Gasteiger partial charge in [-0.25, -0.2) is 0 Å². The lowest BCUT2D eigenvalue weighted by molar-refractivity contribution is -0.297. The maximum Gasteiger partial charge on any atom is 0.306 e. The molecule has 12 nitrogen and oxygen atoms in total. The van der Waals surface area contributed by atoms with Crippen molar-refractivity contribution in [1.29, 1.82) is 0 Å². The fourth-order valence-corrected chi connectivity index (χ4v) is 6.86. The van der Waals surface area contributed by atoms with Gasteiger partial charge in [0.1, 0.15) is 36.8 Å². The number of carbonyl (C=O) groups is 2. The van der Waals surface area contributed by atoms with Gasteiger partial charge >= 0.3 is 11.9 Å². The lowest BCUT2D eigenvalue weighted by atomic mass is 10.00. The van der Waals surface area contributed by atoms with E-state index in [1.807, 2.05) is 18.2 Å². The number of esters is 2. The van der Waals surface area contributed by atoms with Gasteiger partial charge in [-0.05, 0) is 51.4 Å². The van der Waals surface area contributed by atoms with Gasteiger partial charge in [-0.2, -0.15) is 8.42 Å². The topological polar surface area (TPSA) is 186 Å². The Labute approximate surface area is 355 Å². The van der Waals surface area contributed by atoms with Gasteiger partial charge in [0, 0.05) is 12.8 Å². The van der Waals surface area contributed by atoms with Crippen LogP contribution in [0, 0.1) is 0 Å². The van der Waals surface area contributed by atoms with Gasteiger partial charge in [0.15, 0.2) is 12.4 Å². The van der Waals surface area contributed by atoms with Gasteiger partial charge in [0.2, 0.25) is 0 Å². The number of rotatable bonds is 35. The average Bonchev–Trinajstić information content (AvgIpc) is 3.20. The molecule has 0 spiro atoms. The maximum absolute atomic E-state index is 12.8. The molecule has 1 aliphatic rings. The molecular formula is C46H76O12S. The second-order valence-corrected chi connectivity index (χ2v) is 16.5. The van der Waals surface area contributed by atoms with Crippen LogP contribution in [-0.4, -0.2) is 96.0 Å². The zero-order chi connectivity index (χ0) is 43.4. The van der Waals surface area contributed by atoms with Crippen molar-refractivity contribution in [1.82, 2.24) is 0 Å². The van der Waals surface area contributed by atoms with Crippen molar-refractivity contribution in [2.75, 3.05) is 19.0 Å². The Morgan fingerprint density at radius 3 is 1.56 bits per heavy atom. The number of aliphatic hydroxyl groups excluding tert-OH is 3. The van der Waals surface area contributed by atoms with Crippen LogP contribution in [0.4, 0.5) is 0 Å². The van der Waals surface area contributed by atoms with Gasteiger partial charge in [0.25, 0.3) is 10.1 Å². The third kappa shape index (κ3) is 30.7. The molecule has 0 radical (unpaired) electrons. The second kappa shape index (κ2) is 35.8. The van der Waals surface area contributed by atoms with Crippen molar-refractivity contribution >= 4 is 22.1 Å². The highest BCUT2D eigenvalue weighted by Gasteiger charge is 2.46. The first kappa shape index (κ1) is 54.1. The largest absolute Gasteiger partial charge is 0.462 e. The monoisotopic (exact) mass is 853 g/mol. The molecule has 4 N–H and O–H groups in total. The fourth-order valence-electron chi connectivity index (χ4n) is 6.17. The molecule has 1 fully saturated rings. The fraction of sp³-hybridized carbons (Fsp3) is 0.696. The molecule has 1 aliphatic heterocycles. The van der Waals surface area contributed by atoms with Crippen LogP contribution in [0.1, 0.15) is 149 Å². The van der Waals surface area contributed by atoms with E-state index in [0.717, 1.165) is 51.4 Å². The summed E-state index contributed by atoms with van der Waals surface area (Å²) >= 11 is 0. The molecule has 1 saturated heterocycles. The first-order chi connectivity index (χ1) is 28.5. The number of hydrogen-bond acceptors (Lipinski definition) is 11. The summed E-state index contributed by atoms with van der Waals surface area (Å²) in [6.07, 6.45) is 35.3. The standard InChI is InChI=1S/C46H76O12S/c1-3-5-7-9-11-13-15-17-18-19-20-21-22-23-25-27-29-31-33-35-42(48)57-39(37-56-46-45(51)44(50)43(49)40(58-46)38-59(52,53)54)36-55-41(47)34-32-30-28-26-24-16-14-12-10-8-6-4-2/h5,7,11,13,17-18,20-21,23,25,29,31,39-40,43-46,49-51H,3-4,6,8-10,12,14-16,19,22,24,26-28,30,32-38H2,1-2H3,(H,52,53,54)/b7-5-,13-11-,18-17-,21-20-,25-23-,31-29-. The third-order valence-electron chi connectivity index (χ3n) is 9.56. The number of unbranched alkanes of at least 4 members (excludes halogenated alkanes) is 11. The second-order valence-electron chi connectivity index (χ2n) is 15.0. The van der Waals surface area contributed by atoms with Gasteiger partial charge in [-0.1, -0.05) is 157 Å². The molecule has 13 heteroatoms. The summed E-state index contributed by atoms with van der Waals surface area (Å²) in [5, 5.41) is 30.8. The van der Waals surface area contributed by atoms with Gasteiger partial charge in [0.05, 0.1) is 6.61 Å². The molecule has 0 aliphatic carbocycles. The van der Waals surface area contributed by atoms with Crippen molar-refractivity contribution in [3.63, 3.8) is 0 Å². The average molecular weight is 853 g/mol. The summed E-state index contributed by atoms with van der Waals surface area (Å²) in [5.74, 6) is -2.10. The van der Waals surface area contributed by atoms with Gasteiger partial charge in [-0.3, -0.25) is 14.1 Å². The summed E-state index contributed by atoms with van der Waals surface area (Å²) < 4.78 is 53.9. The number of ether oxygens (including phenoxy) is 4. The third-order valence-corrected chi connectivity index (χ3v) is 10.3. The molecule has 0 aromatic carbocycles. The quantitative estimate of drug-likeness (QED) is 0.0206. The molecule has 6 atom stereocenters. The van der Waals surface area contributed by atoms with E-state index in [-0.39, 0.29) is 19.4 Å². The molecule has 338 valence electrons. The Bertz CT molecular complexity index is 1370. The van der Waals surface area contributed by atoms with Crippen molar-refractivity contribution in [3.8, 4) is 0 Å². The Morgan fingerprint density at radius 2 is 1.07 bits per heavy atom. The predicted molar refractivity (Wildman–Crippen MR) is 233 cm³/mol. The highest BCUT2D eigenvalue weighted by molar-refractivity contribution is 7.85. The van der Waals surface area contributed by atoms with E-state index in [1.54, 1.807) is 0 Å². The Kier molecular flexibility index (Phi) is 32.8. The molecule has 59 heavy (non-hydrogen) atoms. The molecular weight excluding hydrogens is 777 g/mol. The Morgan fingerprint density at radius 1 is 0.593 bits per heavy atom. The molecule has 0 amide bonds. The van der Waals surface area contributed by atoms with Crippen LogP contribution >= 0.6 is 0 Å². The Hall–Kier alpha value is -2.91. The summed E-state index contributed by atoms with van der Waals surface area (Å²) in [6, 6.07) is 0. The van der Waals surface area contributed by atoms with Gasteiger partial charge < -0.3 is 34.3 Å². The normalized spacial score (nSPS) is 20.9. The van der Waals surface area contributed by atoms with Crippen LogP contribution in [0.3, 0.4) is 0 Å². The number of aliphatic hydroxyl groups is 3. The summed E-state index contributed by atoms with van der Waals surface area (Å²) in [5.41, 5.74) is 0. The predicted octanol–water partition coefficient (Wildman–Crippen LogP) is 8.72. The number of carbonyl (C=O) groups excluding carboxylic acids is 2. The Balaban J connectivity index is 2.53. The van der Waals surface area contributed by atoms with Crippen LogP contribution in [0.5, 0.6) is 0 Å². The smallest absolute Gasteiger partial charge is 0.306 e. The number of hydrogen-bond donors (Lipinski definition) is 4. The minimum atomic E-state index is -4.61. The van der Waals surface area contributed by atoms with Crippen LogP contribution in [0.25, 0.3) is 0 Å². The molecule has 6 unspecified atom stereocenters. The van der Waals surface area contributed by atoms with E-state index in [2.05, 4.69) is 68.5 Å². The number of allylic oxidation sites excluding steroid dienone is 12. The van der Waals surface area contributed by atoms with Crippen molar-refractivity contribution in [2.45, 2.75) is 185 Å². The molecule has 0 aromatic rings. The van der Waals surface area contributed by atoms with Crippen LogP contribution < -0.4 is 0 Å². The molecule has 0 saturated carbocycles. The summed E-state index contributed by atoms with van der Waals surface area (Å²) in [6.45, 7) is 3.56.